The van der Waals surface area contributed by atoms with Crippen molar-refractivity contribution in [1.29, 1.82) is 0 Å². The Kier molecular flexibility index (Phi) is 3.82. The van der Waals surface area contributed by atoms with Crippen LogP contribution < -0.4 is 0 Å². The quantitative estimate of drug-likeness (QED) is 0.837. The molecular formula is C18H22N2O. The molecule has 1 fully saturated rings. The van der Waals surface area contributed by atoms with Crippen LogP contribution >= 0.6 is 0 Å². The molecule has 2 aromatic rings. The van der Waals surface area contributed by atoms with E-state index in [4.69, 9.17) is 0 Å². The third kappa shape index (κ3) is 2.48. The number of fused-ring (bicyclic) bond motifs is 1. The number of benzene rings is 1. The Hall–Kier alpha value is -2.03. The van der Waals surface area contributed by atoms with Crippen LogP contribution in [-0.2, 0) is 6.54 Å². The Balaban J connectivity index is 2.05. The van der Waals surface area contributed by atoms with E-state index >= 15 is 0 Å². The highest BCUT2D eigenvalue weighted by molar-refractivity contribution is 6.07. The maximum absolute atomic E-state index is 12.8. The Labute approximate surface area is 125 Å². The van der Waals surface area contributed by atoms with E-state index in [9.17, 15) is 4.79 Å². The van der Waals surface area contributed by atoms with E-state index < -0.39 is 0 Å². The van der Waals surface area contributed by atoms with E-state index in [1.54, 1.807) is 0 Å². The summed E-state index contributed by atoms with van der Waals surface area (Å²) in [6.45, 7) is 8.58. The van der Waals surface area contributed by atoms with Crippen LogP contribution in [0, 0.1) is 0 Å². The molecule has 2 heterocycles. The molecule has 3 heteroatoms. The summed E-state index contributed by atoms with van der Waals surface area (Å²) in [5, 5.41) is 1.05. The molecule has 1 amide bonds. The largest absolute Gasteiger partial charge is 0.347 e. The van der Waals surface area contributed by atoms with Crippen LogP contribution in [0.1, 0.15) is 42.1 Å². The van der Waals surface area contributed by atoms with Crippen molar-refractivity contribution in [3.8, 4) is 0 Å². The highest BCUT2D eigenvalue weighted by Crippen LogP contribution is 2.25. The van der Waals surface area contributed by atoms with E-state index in [0.29, 0.717) is 0 Å². The molecule has 0 aliphatic carbocycles. The van der Waals surface area contributed by atoms with Gasteiger partial charge in [0.2, 0.25) is 0 Å². The summed E-state index contributed by atoms with van der Waals surface area (Å²) >= 11 is 0. The van der Waals surface area contributed by atoms with Gasteiger partial charge >= 0.3 is 0 Å². The molecule has 0 N–H and O–H groups in total. The fourth-order valence-electron chi connectivity index (χ4n) is 3.14. The van der Waals surface area contributed by atoms with Gasteiger partial charge in [0.1, 0.15) is 0 Å². The summed E-state index contributed by atoms with van der Waals surface area (Å²) < 4.78 is 2.15. The first-order valence-corrected chi connectivity index (χ1v) is 7.79. The van der Waals surface area contributed by atoms with E-state index in [0.717, 1.165) is 54.5 Å². The van der Waals surface area contributed by atoms with Crippen molar-refractivity contribution >= 4 is 22.9 Å². The summed E-state index contributed by atoms with van der Waals surface area (Å²) in [7, 11) is 0. The Morgan fingerprint density at radius 3 is 2.71 bits per heavy atom. The van der Waals surface area contributed by atoms with Gasteiger partial charge in [-0.25, -0.2) is 0 Å². The van der Waals surface area contributed by atoms with Crippen molar-refractivity contribution in [1.82, 2.24) is 9.47 Å². The number of hydrogen-bond acceptors (Lipinski definition) is 1. The number of piperidine rings is 1. The minimum Gasteiger partial charge on any atom is -0.347 e. The number of nitrogens with zero attached hydrogens (tertiary/aromatic N) is 2. The minimum absolute atomic E-state index is 0.179. The van der Waals surface area contributed by atoms with Crippen LogP contribution in [0.2, 0.25) is 0 Å². The van der Waals surface area contributed by atoms with Crippen molar-refractivity contribution in [3.63, 3.8) is 0 Å². The highest BCUT2D eigenvalue weighted by Gasteiger charge is 2.22. The van der Waals surface area contributed by atoms with Crippen LogP contribution in [0.4, 0.5) is 0 Å². The molecule has 1 saturated heterocycles. The fourth-order valence-corrected chi connectivity index (χ4v) is 3.14. The predicted molar refractivity (Wildman–Crippen MR) is 87.5 cm³/mol. The van der Waals surface area contributed by atoms with E-state index in [-0.39, 0.29) is 5.91 Å². The van der Waals surface area contributed by atoms with Gasteiger partial charge in [0.15, 0.2) is 0 Å². The number of hydrogen-bond donors (Lipinski definition) is 0. The van der Waals surface area contributed by atoms with Gasteiger partial charge in [0.05, 0.1) is 5.56 Å². The second-order valence-electron chi connectivity index (χ2n) is 5.66. The summed E-state index contributed by atoms with van der Waals surface area (Å²) in [4.78, 5) is 14.8. The predicted octanol–water partition coefficient (Wildman–Crippen LogP) is 3.93. The van der Waals surface area contributed by atoms with Gasteiger partial charge in [-0.2, -0.15) is 0 Å². The van der Waals surface area contributed by atoms with Gasteiger partial charge < -0.3 is 9.47 Å². The second kappa shape index (κ2) is 5.76. The summed E-state index contributed by atoms with van der Waals surface area (Å²) in [6.07, 6.45) is 7.34. The first-order chi connectivity index (χ1) is 10.2. The molecule has 0 radical (unpaired) electrons. The number of carbonyl (C=O) groups excluding carboxylic acids is 1. The lowest BCUT2D eigenvalue weighted by Crippen LogP contribution is -2.35. The van der Waals surface area contributed by atoms with Crippen LogP contribution in [0.3, 0.4) is 0 Å². The molecule has 0 bridgehead atoms. The molecule has 1 aromatic carbocycles. The number of likely N-dealkylation sites (tertiary alicyclic amines) is 1. The Bertz CT molecular complexity index is 678. The van der Waals surface area contributed by atoms with Crippen molar-refractivity contribution in [2.45, 2.75) is 32.7 Å². The molecule has 0 atom stereocenters. The molecule has 110 valence electrons. The molecule has 1 aliphatic rings. The van der Waals surface area contributed by atoms with E-state index in [1.165, 1.54) is 6.42 Å². The van der Waals surface area contributed by atoms with Gasteiger partial charge in [0, 0.05) is 36.7 Å². The maximum Gasteiger partial charge on any atom is 0.256 e. The van der Waals surface area contributed by atoms with Crippen LogP contribution in [-0.4, -0.2) is 28.5 Å². The molecular weight excluding hydrogens is 260 g/mol. The zero-order valence-electron chi connectivity index (χ0n) is 12.6. The summed E-state index contributed by atoms with van der Waals surface area (Å²) in [5.74, 6) is 0.179. The van der Waals surface area contributed by atoms with Crippen molar-refractivity contribution in [2.24, 2.45) is 0 Å². The zero-order chi connectivity index (χ0) is 14.8. The van der Waals surface area contributed by atoms with E-state index in [1.807, 2.05) is 23.2 Å². The number of aromatic nitrogens is 1. The Morgan fingerprint density at radius 1 is 1.29 bits per heavy atom. The van der Waals surface area contributed by atoms with Crippen LogP contribution in [0.15, 0.2) is 31.0 Å². The summed E-state index contributed by atoms with van der Waals surface area (Å²) in [5.41, 5.74) is 3.05. The second-order valence-corrected chi connectivity index (χ2v) is 5.66. The standard InChI is InChI=1S/C18H22N2O/c1-3-14-8-9-15-16(13-19(4-2)17(15)12-14)18(21)20-10-6-5-7-11-20/h3,8-9,12-13H,1,4-7,10-11H2,2H3. The number of amides is 1. The molecule has 3 rings (SSSR count). The minimum atomic E-state index is 0.179. The number of rotatable bonds is 3. The van der Waals surface area contributed by atoms with Crippen molar-refractivity contribution in [3.05, 3.63) is 42.1 Å². The normalized spacial score (nSPS) is 15.4. The third-order valence-corrected chi connectivity index (χ3v) is 4.36. The molecule has 0 unspecified atom stereocenters. The van der Waals surface area contributed by atoms with Crippen molar-refractivity contribution < 1.29 is 4.79 Å². The number of carbonyl (C=O) groups is 1. The van der Waals surface area contributed by atoms with Gasteiger partial charge in [-0.15, -0.1) is 0 Å². The molecule has 0 saturated carbocycles. The number of aryl methyl sites for hydroxylation is 1. The zero-order valence-corrected chi connectivity index (χ0v) is 12.6. The first-order valence-electron chi connectivity index (χ1n) is 7.79. The third-order valence-electron chi connectivity index (χ3n) is 4.36. The van der Waals surface area contributed by atoms with Crippen LogP contribution in [0.5, 0.6) is 0 Å². The smallest absolute Gasteiger partial charge is 0.256 e. The first kappa shape index (κ1) is 13.9. The van der Waals surface area contributed by atoms with Gasteiger partial charge in [-0.1, -0.05) is 24.8 Å². The van der Waals surface area contributed by atoms with Gasteiger partial charge in [0.25, 0.3) is 5.91 Å². The van der Waals surface area contributed by atoms with Gasteiger partial charge in [-0.3, -0.25) is 4.79 Å². The molecule has 21 heavy (non-hydrogen) atoms. The average molecular weight is 282 g/mol. The summed E-state index contributed by atoms with van der Waals surface area (Å²) in [6, 6.07) is 6.19. The monoisotopic (exact) mass is 282 g/mol. The molecule has 1 aliphatic heterocycles. The van der Waals surface area contributed by atoms with Crippen LogP contribution in [0.25, 0.3) is 17.0 Å². The molecule has 0 spiro atoms. The highest BCUT2D eigenvalue weighted by atomic mass is 16.2. The topological polar surface area (TPSA) is 25.2 Å². The van der Waals surface area contributed by atoms with Gasteiger partial charge in [-0.05, 0) is 37.8 Å². The molecule has 3 nitrogen and oxygen atoms in total. The van der Waals surface area contributed by atoms with Crippen molar-refractivity contribution in [2.75, 3.05) is 13.1 Å². The average Bonchev–Trinajstić information content (AvgIpc) is 2.92. The lowest BCUT2D eigenvalue weighted by Gasteiger charge is -2.26. The van der Waals surface area contributed by atoms with E-state index in [2.05, 4.69) is 30.2 Å². The lowest BCUT2D eigenvalue weighted by atomic mass is 10.1. The SMILES string of the molecule is C=Cc1ccc2c(C(=O)N3CCCCC3)cn(CC)c2c1. The lowest BCUT2D eigenvalue weighted by molar-refractivity contribution is 0.0726. The fraction of sp³-hybridized carbons (Fsp3) is 0.389. The molecule has 1 aromatic heterocycles. The Morgan fingerprint density at radius 2 is 2.05 bits per heavy atom. The maximum atomic E-state index is 12.8.